The van der Waals surface area contributed by atoms with Crippen molar-refractivity contribution in [1.29, 1.82) is 0 Å². The monoisotopic (exact) mass is 376 g/mol. The zero-order valence-electron chi connectivity index (χ0n) is 14.4. The molecule has 1 unspecified atom stereocenters. The quantitative estimate of drug-likeness (QED) is 0.806. The maximum absolute atomic E-state index is 14.1. The third-order valence-electron chi connectivity index (χ3n) is 4.67. The number of hydrogen-bond acceptors (Lipinski definition) is 3. The highest BCUT2D eigenvalue weighted by atomic mass is 35.5. The number of urea groups is 1. The summed E-state index contributed by atoms with van der Waals surface area (Å²) >= 11 is 6.04. The van der Waals surface area contributed by atoms with Crippen LogP contribution in [0.4, 0.5) is 9.18 Å². The highest BCUT2D eigenvalue weighted by Crippen LogP contribution is 2.35. The molecular formula is C19H18ClFN2O3. The molecule has 1 heterocycles. The number of hydrogen-bond donors (Lipinski definition) is 1. The molecule has 5 nitrogen and oxygen atoms in total. The Morgan fingerprint density at radius 3 is 2.46 bits per heavy atom. The average Bonchev–Trinajstić information content (AvgIpc) is 2.89. The molecule has 3 rings (SSSR count). The fraction of sp³-hybridized carbons (Fsp3) is 0.263. The van der Waals surface area contributed by atoms with Gasteiger partial charge in [0.1, 0.15) is 17.1 Å². The predicted molar refractivity (Wildman–Crippen MR) is 95.5 cm³/mol. The Labute approximate surface area is 155 Å². The Hall–Kier alpha value is -2.60. The number of rotatable bonds is 5. The summed E-state index contributed by atoms with van der Waals surface area (Å²) in [6.45, 7) is 1.58. The lowest BCUT2D eigenvalue weighted by Crippen LogP contribution is -2.43. The van der Waals surface area contributed by atoms with E-state index in [1.165, 1.54) is 18.2 Å². The first-order valence-corrected chi connectivity index (χ1v) is 8.52. The van der Waals surface area contributed by atoms with Gasteiger partial charge in [-0.25, -0.2) is 9.18 Å². The van der Waals surface area contributed by atoms with E-state index in [0.29, 0.717) is 17.7 Å². The van der Waals surface area contributed by atoms with Crippen LogP contribution in [0.3, 0.4) is 0 Å². The molecule has 1 aliphatic heterocycles. The van der Waals surface area contributed by atoms with Gasteiger partial charge in [-0.15, -0.1) is 0 Å². The fourth-order valence-electron chi connectivity index (χ4n) is 3.13. The molecular weight excluding hydrogens is 359 g/mol. The lowest BCUT2D eigenvalue weighted by atomic mass is 9.87. The van der Waals surface area contributed by atoms with Crippen LogP contribution in [0, 0.1) is 5.82 Å². The second kappa shape index (κ2) is 6.96. The van der Waals surface area contributed by atoms with Crippen molar-refractivity contribution in [3.8, 4) is 5.75 Å². The van der Waals surface area contributed by atoms with E-state index in [1.54, 1.807) is 31.4 Å². The minimum absolute atomic E-state index is 0.110. The first-order chi connectivity index (χ1) is 12.4. The van der Waals surface area contributed by atoms with Crippen molar-refractivity contribution in [3.05, 3.63) is 64.4 Å². The van der Waals surface area contributed by atoms with E-state index in [2.05, 4.69) is 5.32 Å². The van der Waals surface area contributed by atoms with E-state index in [9.17, 15) is 14.0 Å². The van der Waals surface area contributed by atoms with E-state index in [1.807, 2.05) is 6.92 Å². The summed E-state index contributed by atoms with van der Waals surface area (Å²) in [6.07, 6.45) is 0.353. The zero-order chi connectivity index (χ0) is 18.9. The van der Waals surface area contributed by atoms with Gasteiger partial charge >= 0.3 is 6.03 Å². The van der Waals surface area contributed by atoms with Crippen molar-refractivity contribution in [1.82, 2.24) is 10.2 Å². The van der Waals surface area contributed by atoms with Crippen molar-refractivity contribution in [2.24, 2.45) is 0 Å². The number of amides is 3. The molecule has 2 aromatic rings. The number of halogens is 2. The predicted octanol–water partition coefficient (Wildman–Crippen LogP) is 3.85. The first-order valence-electron chi connectivity index (χ1n) is 8.14. The summed E-state index contributed by atoms with van der Waals surface area (Å²) in [5, 5.41) is 2.93. The molecule has 1 saturated heterocycles. The Kier molecular flexibility index (Phi) is 4.87. The van der Waals surface area contributed by atoms with E-state index in [-0.39, 0.29) is 17.1 Å². The van der Waals surface area contributed by atoms with Gasteiger partial charge in [0.05, 0.1) is 13.7 Å². The number of carbonyl (C=O) groups excluding carboxylic acids is 2. The van der Waals surface area contributed by atoms with Crippen LogP contribution in [0.5, 0.6) is 5.75 Å². The molecule has 26 heavy (non-hydrogen) atoms. The number of methoxy groups -OCH3 is 1. The molecule has 0 aliphatic carbocycles. The number of imide groups is 1. The molecule has 0 radical (unpaired) electrons. The van der Waals surface area contributed by atoms with Gasteiger partial charge in [0.15, 0.2) is 0 Å². The summed E-state index contributed by atoms with van der Waals surface area (Å²) in [5.41, 5.74) is -0.443. The van der Waals surface area contributed by atoms with E-state index < -0.39 is 23.3 Å². The Bertz CT molecular complexity index is 836. The molecule has 1 aliphatic rings. The number of carbonyl (C=O) groups is 2. The van der Waals surface area contributed by atoms with Crippen molar-refractivity contribution in [2.45, 2.75) is 25.4 Å². The van der Waals surface area contributed by atoms with Crippen LogP contribution >= 0.6 is 11.6 Å². The highest BCUT2D eigenvalue weighted by molar-refractivity contribution is 6.31. The van der Waals surface area contributed by atoms with E-state index in [4.69, 9.17) is 16.3 Å². The molecule has 3 amide bonds. The van der Waals surface area contributed by atoms with Crippen LogP contribution in [-0.2, 0) is 16.9 Å². The summed E-state index contributed by atoms with van der Waals surface area (Å²) < 4.78 is 19.2. The molecule has 0 spiro atoms. The van der Waals surface area contributed by atoms with Crippen molar-refractivity contribution in [2.75, 3.05) is 7.11 Å². The number of ether oxygens (including phenoxy) is 1. The molecule has 0 bridgehead atoms. The summed E-state index contributed by atoms with van der Waals surface area (Å²) in [5.74, 6) is -0.349. The third-order valence-corrected chi connectivity index (χ3v) is 5.02. The highest BCUT2D eigenvalue weighted by Gasteiger charge is 2.51. The summed E-state index contributed by atoms with van der Waals surface area (Å²) in [6, 6.07) is 10.6. The Morgan fingerprint density at radius 2 is 1.88 bits per heavy atom. The first kappa shape index (κ1) is 18.2. The van der Waals surface area contributed by atoms with Crippen LogP contribution < -0.4 is 10.1 Å². The normalized spacial score (nSPS) is 19.6. The largest absolute Gasteiger partial charge is 0.497 e. The van der Waals surface area contributed by atoms with E-state index in [0.717, 1.165) is 4.90 Å². The molecule has 1 N–H and O–H groups in total. The number of nitrogens with one attached hydrogen (secondary N) is 1. The lowest BCUT2D eigenvalue weighted by molar-refractivity contribution is -0.132. The van der Waals surface area contributed by atoms with Gasteiger partial charge < -0.3 is 10.1 Å². The summed E-state index contributed by atoms with van der Waals surface area (Å²) in [7, 11) is 1.55. The van der Waals surface area contributed by atoms with Gasteiger partial charge in [-0.05, 0) is 36.2 Å². The molecule has 0 aromatic heterocycles. The molecule has 136 valence electrons. The summed E-state index contributed by atoms with van der Waals surface area (Å²) in [4.78, 5) is 26.6. The van der Waals surface area contributed by atoms with Crippen LogP contribution in [0.2, 0.25) is 5.02 Å². The Morgan fingerprint density at radius 1 is 1.19 bits per heavy atom. The van der Waals surface area contributed by atoms with Crippen LogP contribution in [0.15, 0.2) is 42.5 Å². The van der Waals surface area contributed by atoms with Crippen LogP contribution in [-0.4, -0.2) is 23.9 Å². The van der Waals surface area contributed by atoms with Crippen LogP contribution in [0.25, 0.3) is 0 Å². The SMILES string of the molecule is CCC1(c2ccc(OC)cc2)NC(=O)N(Cc2c(F)cccc2Cl)C1=O. The maximum Gasteiger partial charge on any atom is 0.325 e. The topological polar surface area (TPSA) is 58.6 Å². The lowest BCUT2D eigenvalue weighted by Gasteiger charge is -2.26. The second-order valence-electron chi connectivity index (χ2n) is 6.01. The van der Waals surface area contributed by atoms with Gasteiger partial charge in [0.25, 0.3) is 5.91 Å². The maximum atomic E-state index is 14.1. The number of benzene rings is 2. The van der Waals surface area contributed by atoms with Gasteiger partial charge in [0, 0.05) is 10.6 Å². The van der Waals surface area contributed by atoms with Gasteiger partial charge in [-0.1, -0.05) is 36.7 Å². The minimum Gasteiger partial charge on any atom is -0.497 e. The fourth-order valence-corrected chi connectivity index (χ4v) is 3.35. The molecule has 1 fully saturated rings. The Balaban J connectivity index is 1.95. The average molecular weight is 377 g/mol. The van der Waals surface area contributed by atoms with Gasteiger partial charge in [-0.3, -0.25) is 9.69 Å². The standard InChI is InChI=1S/C19H18ClFN2O3/c1-3-19(12-7-9-13(26-2)10-8-12)17(24)23(18(25)22-19)11-14-15(20)5-4-6-16(14)21/h4-10H,3,11H2,1-2H3,(H,22,25). The van der Waals surface area contributed by atoms with Crippen molar-refractivity contribution in [3.63, 3.8) is 0 Å². The molecule has 2 aromatic carbocycles. The van der Waals surface area contributed by atoms with E-state index >= 15 is 0 Å². The van der Waals surface area contributed by atoms with Crippen molar-refractivity contribution >= 4 is 23.5 Å². The minimum atomic E-state index is -1.19. The van der Waals surface area contributed by atoms with Gasteiger partial charge in [0.2, 0.25) is 0 Å². The molecule has 0 saturated carbocycles. The van der Waals surface area contributed by atoms with Crippen molar-refractivity contribution < 1.29 is 18.7 Å². The zero-order valence-corrected chi connectivity index (χ0v) is 15.1. The van der Waals surface area contributed by atoms with Crippen LogP contribution in [0.1, 0.15) is 24.5 Å². The molecule has 1 atom stereocenters. The second-order valence-corrected chi connectivity index (χ2v) is 6.42. The van der Waals surface area contributed by atoms with Gasteiger partial charge in [-0.2, -0.15) is 0 Å². The smallest absolute Gasteiger partial charge is 0.325 e. The molecule has 7 heteroatoms. The number of nitrogens with zero attached hydrogens (tertiary/aromatic N) is 1. The third kappa shape index (κ3) is 2.90.